The number of nitrogens with one attached hydrogen (secondary N) is 1. The molecular weight excluding hydrogens is 262 g/mol. The molecule has 0 radical (unpaired) electrons. The van der Waals surface area contributed by atoms with E-state index < -0.39 is 0 Å². The molecule has 5 heteroatoms. The van der Waals surface area contributed by atoms with Gasteiger partial charge < -0.3 is 5.32 Å². The Morgan fingerprint density at radius 3 is 2.89 bits per heavy atom. The second-order valence-corrected chi connectivity index (χ2v) is 4.81. The van der Waals surface area contributed by atoms with Crippen molar-refractivity contribution < 1.29 is 4.79 Å². The number of hydrogen-bond acceptors (Lipinski definition) is 2. The van der Waals surface area contributed by atoms with E-state index in [9.17, 15) is 4.79 Å². The third-order valence-electron chi connectivity index (χ3n) is 2.89. The summed E-state index contributed by atoms with van der Waals surface area (Å²) in [6, 6.07) is 9.38. The first-order chi connectivity index (χ1) is 9.16. The van der Waals surface area contributed by atoms with Crippen LogP contribution in [0.25, 0.3) is 0 Å². The maximum atomic E-state index is 11.8. The number of aromatic nitrogens is 2. The summed E-state index contributed by atoms with van der Waals surface area (Å²) in [7, 11) is 0. The molecular formula is C14H16ClN3O. The number of carbonyl (C=O) groups is 1. The lowest BCUT2D eigenvalue weighted by Gasteiger charge is -2.12. The van der Waals surface area contributed by atoms with Crippen molar-refractivity contribution in [2.75, 3.05) is 0 Å². The van der Waals surface area contributed by atoms with Gasteiger partial charge in [0.2, 0.25) is 5.91 Å². The lowest BCUT2D eigenvalue weighted by Crippen LogP contribution is -2.25. The molecule has 0 aliphatic carbocycles. The number of nitrogens with zero attached hydrogens (tertiary/aromatic N) is 2. The van der Waals surface area contributed by atoms with Gasteiger partial charge in [0.05, 0.1) is 6.04 Å². The Morgan fingerprint density at radius 2 is 2.21 bits per heavy atom. The molecule has 19 heavy (non-hydrogen) atoms. The summed E-state index contributed by atoms with van der Waals surface area (Å²) in [5.74, 6) is -0.0112. The number of carbonyl (C=O) groups excluding carboxylic acids is 1. The van der Waals surface area contributed by atoms with E-state index in [1.165, 1.54) is 0 Å². The van der Waals surface area contributed by atoms with Gasteiger partial charge in [-0.05, 0) is 24.6 Å². The van der Waals surface area contributed by atoms with Crippen LogP contribution < -0.4 is 5.32 Å². The van der Waals surface area contributed by atoms with E-state index in [0.717, 1.165) is 5.56 Å². The summed E-state index contributed by atoms with van der Waals surface area (Å²) in [6.07, 6.45) is 3.95. The monoisotopic (exact) mass is 277 g/mol. The van der Waals surface area contributed by atoms with Crippen LogP contribution in [0.4, 0.5) is 0 Å². The van der Waals surface area contributed by atoms with Crippen molar-refractivity contribution in [3.05, 3.63) is 53.3 Å². The maximum absolute atomic E-state index is 11.8. The number of benzene rings is 1. The van der Waals surface area contributed by atoms with Crippen molar-refractivity contribution in [2.45, 2.75) is 25.9 Å². The standard InChI is InChI=1S/C14H16ClN3O/c1-11(18-8-4-7-17-18)9-14(19)16-10-12-5-2-3-6-13(12)15/h2-8,11H,9-10H2,1H3,(H,16,19)/t11-/m1/s1. The molecule has 1 heterocycles. The van der Waals surface area contributed by atoms with Crippen molar-refractivity contribution in [1.82, 2.24) is 15.1 Å². The Labute approximate surface area is 117 Å². The molecule has 2 aromatic rings. The molecule has 1 atom stereocenters. The van der Waals surface area contributed by atoms with Crippen LogP contribution in [0, 0.1) is 0 Å². The molecule has 100 valence electrons. The van der Waals surface area contributed by atoms with Gasteiger partial charge >= 0.3 is 0 Å². The van der Waals surface area contributed by atoms with Gasteiger partial charge in [0.1, 0.15) is 0 Å². The van der Waals surface area contributed by atoms with Crippen LogP contribution in [0.2, 0.25) is 5.02 Å². The van der Waals surface area contributed by atoms with Crippen molar-refractivity contribution in [2.24, 2.45) is 0 Å². The van der Waals surface area contributed by atoms with Crippen LogP contribution in [0.1, 0.15) is 24.9 Å². The van der Waals surface area contributed by atoms with E-state index in [1.807, 2.05) is 43.5 Å². The van der Waals surface area contributed by atoms with E-state index in [-0.39, 0.29) is 11.9 Å². The molecule has 1 N–H and O–H groups in total. The van der Waals surface area contributed by atoms with Gasteiger partial charge in [0.25, 0.3) is 0 Å². The summed E-state index contributed by atoms with van der Waals surface area (Å²) < 4.78 is 1.77. The summed E-state index contributed by atoms with van der Waals surface area (Å²) in [5.41, 5.74) is 0.921. The molecule has 0 bridgehead atoms. The zero-order valence-corrected chi connectivity index (χ0v) is 11.5. The highest BCUT2D eigenvalue weighted by molar-refractivity contribution is 6.31. The minimum absolute atomic E-state index is 0.0112. The zero-order chi connectivity index (χ0) is 13.7. The van der Waals surface area contributed by atoms with Crippen LogP contribution in [-0.2, 0) is 11.3 Å². The Hall–Kier alpha value is -1.81. The Balaban J connectivity index is 1.84. The van der Waals surface area contributed by atoms with Gasteiger partial charge in [-0.2, -0.15) is 5.10 Å². The highest BCUT2D eigenvalue weighted by Gasteiger charge is 2.11. The second-order valence-electron chi connectivity index (χ2n) is 4.41. The Kier molecular flexibility index (Phi) is 4.58. The van der Waals surface area contributed by atoms with Crippen molar-refractivity contribution in [3.63, 3.8) is 0 Å². The van der Waals surface area contributed by atoms with Crippen molar-refractivity contribution >= 4 is 17.5 Å². The smallest absolute Gasteiger partial charge is 0.222 e. The molecule has 0 aliphatic rings. The zero-order valence-electron chi connectivity index (χ0n) is 10.7. The average Bonchev–Trinajstić information content (AvgIpc) is 2.91. The topological polar surface area (TPSA) is 46.9 Å². The molecule has 1 aromatic heterocycles. The number of halogens is 1. The van der Waals surface area contributed by atoms with Gasteiger partial charge in [-0.15, -0.1) is 0 Å². The highest BCUT2D eigenvalue weighted by atomic mass is 35.5. The van der Waals surface area contributed by atoms with Crippen LogP contribution in [0.5, 0.6) is 0 Å². The maximum Gasteiger partial charge on any atom is 0.222 e. The van der Waals surface area contributed by atoms with Gasteiger partial charge in [-0.25, -0.2) is 0 Å². The first-order valence-corrected chi connectivity index (χ1v) is 6.54. The Morgan fingerprint density at radius 1 is 1.42 bits per heavy atom. The van der Waals surface area contributed by atoms with Gasteiger partial charge in [0, 0.05) is 30.4 Å². The van der Waals surface area contributed by atoms with Crippen molar-refractivity contribution in [1.29, 1.82) is 0 Å². The third-order valence-corrected chi connectivity index (χ3v) is 3.26. The molecule has 0 saturated carbocycles. The third kappa shape index (κ3) is 3.83. The van der Waals surface area contributed by atoms with E-state index in [4.69, 9.17) is 11.6 Å². The van der Waals surface area contributed by atoms with Crippen LogP contribution >= 0.6 is 11.6 Å². The van der Waals surface area contributed by atoms with E-state index >= 15 is 0 Å². The fraction of sp³-hybridized carbons (Fsp3) is 0.286. The summed E-state index contributed by atoms with van der Waals surface area (Å²) >= 11 is 6.03. The predicted molar refractivity (Wildman–Crippen MR) is 74.9 cm³/mol. The fourth-order valence-corrected chi connectivity index (χ4v) is 2.01. The molecule has 0 aliphatic heterocycles. The van der Waals surface area contributed by atoms with E-state index in [2.05, 4.69) is 10.4 Å². The molecule has 0 spiro atoms. The van der Waals surface area contributed by atoms with E-state index in [0.29, 0.717) is 18.0 Å². The molecule has 0 saturated heterocycles. The SMILES string of the molecule is C[C@H](CC(=O)NCc1ccccc1Cl)n1cccn1. The lowest BCUT2D eigenvalue weighted by molar-refractivity contribution is -0.122. The van der Waals surface area contributed by atoms with Crippen LogP contribution in [-0.4, -0.2) is 15.7 Å². The number of hydrogen-bond donors (Lipinski definition) is 1. The minimum Gasteiger partial charge on any atom is -0.352 e. The molecule has 0 unspecified atom stereocenters. The normalized spacial score (nSPS) is 12.1. The number of rotatable bonds is 5. The van der Waals surface area contributed by atoms with Crippen LogP contribution in [0.3, 0.4) is 0 Å². The summed E-state index contributed by atoms with van der Waals surface area (Å²) in [5, 5.41) is 7.65. The van der Waals surface area contributed by atoms with Gasteiger partial charge in [-0.1, -0.05) is 29.8 Å². The molecule has 0 fully saturated rings. The summed E-state index contributed by atoms with van der Waals surface area (Å²) in [4.78, 5) is 11.8. The predicted octanol–water partition coefficient (Wildman–Crippen LogP) is 2.80. The van der Waals surface area contributed by atoms with Gasteiger partial charge in [0.15, 0.2) is 0 Å². The first-order valence-electron chi connectivity index (χ1n) is 6.16. The van der Waals surface area contributed by atoms with Crippen LogP contribution in [0.15, 0.2) is 42.7 Å². The Bertz CT molecular complexity index is 539. The molecule has 1 aromatic carbocycles. The molecule has 2 rings (SSSR count). The number of amides is 1. The quantitative estimate of drug-likeness (QED) is 0.913. The van der Waals surface area contributed by atoms with E-state index in [1.54, 1.807) is 10.9 Å². The second kappa shape index (κ2) is 6.38. The van der Waals surface area contributed by atoms with Crippen molar-refractivity contribution in [3.8, 4) is 0 Å². The fourth-order valence-electron chi connectivity index (χ4n) is 1.81. The first kappa shape index (κ1) is 13.6. The average molecular weight is 278 g/mol. The molecule has 1 amide bonds. The molecule has 4 nitrogen and oxygen atoms in total. The summed E-state index contributed by atoms with van der Waals surface area (Å²) in [6.45, 7) is 2.41. The minimum atomic E-state index is -0.0112. The largest absolute Gasteiger partial charge is 0.352 e. The highest BCUT2D eigenvalue weighted by Crippen LogP contribution is 2.14. The lowest BCUT2D eigenvalue weighted by atomic mass is 10.2. The van der Waals surface area contributed by atoms with Gasteiger partial charge in [-0.3, -0.25) is 9.48 Å².